The summed E-state index contributed by atoms with van der Waals surface area (Å²) in [6.07, 6.45) is 0. The van der Waals surface area contributed by atoms with E-state index in [1.165, 1.54) is 0 Å². The average Bonchev–Trinajstić information content (AvgIpc) is 2.17. The minimum Gasteiger partial charge on any atom is -0.497 e. The first-order valence-corrected chi connectivity index (χ1v) is 5.25. The Morgan fingerprint density at radius 3 is 2.50 bits per heavy atom. The van der Waals surface area contributed by atoms with Gasteiger partial charge in [-0.2, -0.15) is 0 Å². The van der Waals surface area contributed by atoms with E-state index in [9.17, 15) is 5.11 Å². The SMILES string of the molecule is COc1ccc(C(C)(C)CO)c(Br)c1. The zero-order chi connectivity index (χ0) is 10.8. The molecule has 3 heteroatoms. The van der Waals surface area contributed by atoms with Crippen molar-refractivity contribution in [1.29, 1.82) is 0 Å². The number of hydrogen-bond donors (Lipinski definition) is 1. The second-order valence-corrected chi connectivity index (χ2v) is 4.74. The van der Waals surface area contributed by atoms with Crippen LogP contribution in [0.5, 0.6) is 5.75 Å². The second kappa shape index (κ2) is 4.32. The van der Waals surface area contributed by atoms with Gasteiger partial charge in [-0.25, -0.2) is 0 Å². The Balaban J connectivity index is 3.12. The number of methoxy groups -OCH3 is 1. The van der Waals surface area contributed by atoms with E-state index < -0.39 is 0 Å². The van der Waals surface area contributed by atoms with E-state index in [1.54, 1.807) is 7.11 Å². The van der Waals surface area contributed by atoms with E-state index in [0.29, 0.717) is 0 Å². The lowest BCUT2D eigenvalue weighted by atomic mass is 9.86. The van der Waals surface area contributed by atoms with Crippen LogP contribution in [-0.4, -0.2) is 18.8 Å². The van der Waals surface area contributed by atoms with E-state index in [-0.39, 0.29) is 12.0 Å². The standard InChI is InChI=1S/C11H15BrO2/c1-11(2,7-13)9-5-4-8(14-3)6-10(9)12/h4-6,13H,7H2,1-3H3. The Bertz CT molecular complexity index is 321. The molecule has 2 nitrogen and oxygen atoms in total. The molecular formula is C11H15BrO2. The Hall–Kier alpha value is -0.540. The van der Waals surface area contributed by atoms with Gasteiger partial charge < -0.3 is 9.84 Å². The van der Waals surface area contributed by atoms with Gasteiger partial charge in [-0.05, 0) is 17.7 Å². The third-order valence-electron chi connectivity index (χ3n) is 2.30. The Labute approximate surface area is 93.0 Å². The van der Waals surface area contributed by atoms with E-state index in [2.05, 4.69) is 15.9 Å². The normalized spacial score (nSPS) is 11.5. The van der Waals surface area contributed by atoms with Gasteiger partial charge in [0.25, 0.3) is 0 Å². The summed E-state index contributed by atoms with van der Waals surface area (Å²) in [4.78, 5) is 0. The maximum Gasteiger partial charge on any atom is 0.120 e. The predicted molar refractivity (Wildman–Crippen MR) is 60.8 cm³/mol. The van der Waals surface area contributed by atoms with Crippen molar-refractivity contribution in [3.63, 3.8) is 0 Å². The monoisotopic (exact) mass is 258 g/mol. The van der Waals surface area contributed by atoms with Crippen molar-refractivity contribution in [2.24, 2.45) is 0 Å². The molecular weight excluding hydrogens is 244 g/mol. The van der Waals surface area contributed by atoms with Crippen LogP contribution in [0.1, 0.15) is 19.4 Å². The highest BCUT2D eigenvalue weighted by Crippen LogP contribution is 2.32. The summed E-state index contributed by atoms with van der Waals surface area (Å²) in [5, 5.41) is 9.25. The van der Waals surface area contributed by atoms with E-state index >= 15 is 0 Å². The van der Waals surface area contributed by atoms with E-state index in [0.717, 1.165) is 15.8 Å². The van der Waals surface area contributed by atoms with Crippen LogP contribution < -0.4 is 4.74 Å². The zero-order valence-corrected chi connectivity index (χ0v) is 10.3. The second-order valence-electron chi connectivity index (χ2n) is 3.89. The van der Waals surface area contributed by atoms with Crippen LogP contribution in [0, 0.1) is 0 Å². The van der Waals surface area contributed by atoms with Gasteiger partial charge in [0.2, 0.25) is 0 Å². The van der Waals surface area contributed by atoms with Gasteiger partial charge in [0.1, 0.15) is 5.75 Å². The molecule has 0 unspecified atom stereocenters. The molecule has 1 aromatic carbocycles. The molecule has 0 atom stereocenters. The molecule has 78 valence electrons. The molecule has 1 rings (SSSR count). The minimum absolute atomic E-state index is 0.123. The summed E-state index contributed by atoms with van der Waals surface area (Å²) >= 11 is 3.47. The highest BCUT2D eigenvalue weighted by atomic mass is 79.9. The first-order chi connectivity index (χ1) is 6.51. The van der Waals surface area contributed by atoms with Crippen molar-refractivity contribution in [3.05, 3.63) is 28.2 Å². The number of aliphatic hydroxyl groups is 1. The molecule has 0 spiro atoms. The molecule has 0 saturated carbocycles. The summed E-state index contributed by atoms with van der Waals surface area (Å²) in [6.45, 7) is 4.12. The molecule has 0 aromatic heterocycles. The molecule has 0 aliphatic carbocycles. The molecule has 0 aliphatic rings. The van der Waals surface area contributed by atoms with Gasteiger partial charge in [0.05, 0.1) is 13.7 Å². The summed E-state index contributed by atoms with van der Waals surface area (Å²) in [5.41, 5.74) is 0.853. The van der Waals surface area contributed by atoms with Crippen LogP contribution in [0.3, 0.4) is 0 Å². The summed E-state index contributed by atoms with van der Waals surface area (Å²) < 4.78 is 6.07. The van der Waals surface area contributed by atoms with Crippen molar-refractivity contribution in [2.45, 2.75) is 19.3 Å². The Kier molecular flexibility index (Phi) is 3.56. The predicted octanol–water partition coefficient (Wildman–Crippen LogP) is 2.73. The molecule has 0 amide bonds. The lowest BCUT2D eigenvalue weighted by Gasteiger charge is -2.23. The Morgan fingerprint density at radius 2 is 2.07 bits per heavy atom. The van der Waals surface area contributed by atoms with Gasteiger partial charge >= 0.3 is 0 Å². The van der Waals surface area contributed by atoms with Crippen molar-refractivity contribution < 1.29 is 9.84 Å². The number of ether oxygens (including phenoxy) is 1. The van der Waals surface area contributed by atoms with Gasteiger partial charge in [-0.3, -0.25) is 0 Å². The summed E-state index contributed by atoms with van der Waals surface area (Å²) in [7, 11) is 1.64. The minimum atomic E-state index is -0.231. The molecule has 0 aliphatic heterocycles. The number of hydrogen-bond acceptors (Lipinski definition) is 2. The van der Waals surface area contributed by atoms with Gasteiger partial charge in [-0.15, -0.1) is 0 Å². The lowest BCUT2D eigenvalue weighted by Crippen LogP contribution is -2.22. The van der Waals surface area contributed by atoms with Crippen LogP contribution in [0.2, 0.25) is 0 Å². The van der Waals surface area contributed by atoms with Crippen LogP contribution >= 0.6 is 15.9 Å². The molecule has 0 radical (unpaired) electrons. The highest BCUT2D eigenvalue weighted by Gasteiger charge is 2.22. The largest absolute Gasteiger partial charge is 0.497 e. The van der Waals surface area contributed by atoms with Crippen LogP contribution in [-0.2, 0) is 5.41 Å². The fraction of sp³-hybridized carbons (Fsp3) is 0.455. The van der Waals surface area contributed by atoms with Gasteiger partial charge in [-0.1, -0.05) is 35.8 Å². The quantitative estimate of drug-likeness (QED) is 0.904. The number of benzene rings is 1. The van der Waals surface area contributed by atoms with Crippen molar-refractivity contribution in [1.82, 2.24) is 0 Å². The Morgan fingerprint density at radius 1 is 1.43 bits per heavy atom. The smallest absolute Gasteiger partial charge is 0.120 e. The van der Waals surface area contributed by atoms with Crippen molar-refractivity contribution >= 4 is 15.9 Å². The molecule has 0 bridgehead atoms. The maximum absolute atomic E-state index is 9.25. The first-order valence-electron chi connectivity index (χ1n) is 4.46. The zero-order valence-electron chi connectivity index (χ0n) is 8.67. The van der Waals surface area contributed by atoms with E-state index in [4.69, 9.17) is 4.74 Å². The van der Waals surface area contributed by atoms with Gasteiger partial charge in [0, 0.05) is 9.89 Å². The average molecular weight is 259 g/mol. The molecule has 1 N–H and O–H groups in total. The molecule has 0 fully saturated rings. The topological polar surface area (TPSA) is 29.5 Å². The number of aliphatic hydroxyl groups excluding tert-OH is 1. The first kappa shape index (κ1) is 11.5. The molecule has 0 heterocycles. The van der Waals surface area contributed by atoms with Crippen LogP contribution in [0.4, 0.5) is 0 Å². The summed E-state index contributed by atoms with van der Waals surface area (Å²) in [5.74, 6) is 0.814. The van der Waals surface area contributed by atoms with Crippen LogP contribution in [0.25, 0.3) is 0 Å². The molecule has 0 saturated heterocycles. The van der Waals surface area contributed by atoms with Crippen molar-refractivity contribution in [3.8, 4) is 5.75 Å². The lowest BCUT2D eigenvalue weighted by molar-refractivity contribution is 0.218. The van der Waals surface area contributed by atoms with Crippen LogP contribution in [0.15, 0.2) is 22.7 Å². The third-order valence-corrected chi connectivity index (χ3v) is 2.96. The number of rotatable bonds is 3. The number of halogens is 1. The summed E-state index contributed by atoms with van der Waals surface area (Å²) in [6, 6.07) is 5.78. The van der Waals surface area contributed by atoms with Gasteiger partial charge in [0.15, 0.2) is 0 Å². The molecule has 14 heavy (non-hydrogen) atoms. The fourth-order valence-corrected chi connectivity index (χ4v) is 2.15. The highest BCUT2D eigenvalue weighted by molar-refractivity contribution is 9.10. The molecule has 1 aromatic rings. The maximum atomic E-state index is 9.25. The van der Waals surface area contributed by atoms with Crippen molar-refractivity contribution in [2.75, 3.05) is 13.7 Å². The third kappa shape index (κ3) is 2.28. The fourth-order valence-electron chi connectivity index (χ4n) is 1.26. The van der Waals surface area contributed by atoms with E-state index in [1.807, 2.05) is 32.0 Å².